The van der Waals surface area contributed by atoms with Crippen LogP contribution < -0.4 is 4.90 Å². The highest BCUT2D eigenvalue weighted by molar-refractivity contribution is 5.78. The summed E-state index contributed by atoms with van der Waals surface area (Å²) in [5.74, 6) is -3.44. The zero-order valence-electron chi connectivity index (χ0n) is 9.26. The minimum absolute atomic E-state index is 0.600. The van der Waals surface area contributed by atoms with Crippen molar-refractivity contribution in [3.63, 3.8) is 0 Å². The molecule has 0 fully saturated rings. The van der Waals surface area contributed by atoms with Gasteiger partial charge in [0, 0.05) is 6.20 Å². The SMILES string of the molecule is O=C(O)CN(CC(=O)O)c1nccc(C(F)(F)F)n1. The Hall–Kier alpha value is -2.39. The molecule has 0 aromatic carbocycles. The van der Waals surface area contributed by atoms with Crippen molar-refractivity contribution < 1.29 is 33.0 Å². The molecule has 2 N–H and O–H groups in total. The molecule has 1 rings (SSSR count). The third kappa shape index (κ3) is 4.41. The Labute approximate surface area is 104 Å². The lowest BCUT2D eigenvalue weighted by Crippen LogP contribution is -2.36. The van der Waals surface area contributed by atoms with Crippen molar-refractivity contribution in [3.05, 3.63) is 18.0 Å². The van der Waals surface area contributed by atoms with Crippen LogP contribution in [0.4, 0.5) is 19.1 Å². The summed E-state index contributed by atoms with van der Waals surface area (Å²) in [6.07, 6.45) is -3.95. The maximum atomic E-state index is 12.4. The maximum absolute atomic E-state index is 12.4. The van der Waals surface area contributed by atoms with E-state index in [2.05, 4.69) is 9.97 Å². The second-order valence-electron chi connectivity index (χ2n) is 3.38. The Morgan fingerprint density at radius 3 is 2.16 bits per heavy atom. The molecule has 1 aromatic heterocycles. The lowest BCUT2D eigenvalue weighted by molar-refractivity contribution is -0.141. The number of aromatic nitrogens is 2. The minimum Gasteiger partial charge on any atom is -0.480 e. The van der Waals surface area contributed by atoms with E-state index >= 15 is 0 Å². The normalized spacial score (nSPS) is 11.1. The monoisotopic (exact) mass is 279 g/mol. The summed E-state index contributed by atoms with van der Waals surface area (Å²) < 4.78 is 37.2. The Bertz CT molecular complexity index is 476. The van der Waals surface area contributed by atoms with Gasteiger partial charge in [-0.3, -0.25) is 9.59 Å². The number of carboxylic acid groups (broad SMARTS) is 2. The number of hydrogen-bond donors (Lipinski definition) is 2. The fourth-order valence-corrected chi connectivity index (χ4v) is 1.18. The topological polar surface area (TPSA) is 104 Å². The molecule has 0 amide bonds. The second-order valence-corrected chi connectivity index (χ2v) is 3.38. The fraction of sp³-hybridized carbons (Fsp3) is 0.333. The molecular weight excluding hydrogens is 271 g/mol. The Kier molecular flexibility index (Phi) is 4.25. The molecule has 104 valence electrons. The number of hydrogen-bond acceptors (Lipinski definition) is 5. The zero-order valence-corrected chi connectivity index (χ0v) is 9.26. The van der Waals surface area contributed by atoms with Crippen molar-refractivity contribution in [3.8, 4) is 0 Å². The van der Waals surface area contributed by atoms with Crippen LogP contribution in [-0.2, 0) is 15.8 Å². The molecule has 0 saturated carbocycles. The summed E-state index contributed by atoms with van der Waals surface area (Å²) in [4.78, 5) is 28.2. The standard InChI is InChI=1S/C9H8F3N3O4/c10-9(11,12)5-1-2-13-8(14-5)15(3-6(16)17)4-7(18)19/h1-2H,3-4H2,(H,16,17)(H,18,19). The number of carboxylic acids is 2. The summed E-state index contributed by atoms with van der Waals surface area (Å²) >= 11 is 0. The average Bonchev–Trinajstić information content (AvgIpc) is 2.26. The predicted molar refractivity (Wildman–Crippen MR) is 54.5 cm³/mol. The molecule has 0 aliphatic rings. The van der Waals surface area contributed by atoms with E-state index in [-0.39, 0.29) is 0 Å². The van der Waals surface area contributed by atoms with Crippen molar-refractivity contribution in [1.29, 1.82) is 0 Å². The predicted octanol–water partition coefficient (Wildman–Crippen LogP) is 0.471. The summed E-state index contributed by atoms with van der Waals surface area (Å²) in [5.41, 5.74) is -1.28. The van der Waals surface area contributed by atoms with E-state index in [0.29, 0.717) is 11.0 Å². The van der Waals surface area contributed by atoms with E-state index in [1.807, 2.05) is 0 Å². The van der Waals surface area contributed by atoms with Crippen molar-refractivity contribution in [2.75, 3.05) is 18.0 Å². The van der Waals surface area contributed by atoms with Crippen LogP contribution in [0.15, 0.2) is 12.3 Å². The molecule has 1 aromatic rings. The molecular formula is C9H8F3N3O4. The first kappa shape index (κ1) is 14.7. The van der Waals surface area contributed by atoms with Gasteiger partial charge in [0.25, 0.3) is 0 Å². The number of rotatable bonds is 5. The lowest BCUT2D eigenvalue weighted by Gasteiger charge is -2.18. The molecule has 19 heavy (non-hydrogen) atoms. The van der Waals surface area contributed by atoms with Gasteiger partial charge >= 0.3 is 18.1 Å². The Morgan fingerprint density at radius 1 is 1.21 bits per heavy atom. The van der Waals surface area contributed by atoms with E-state index in [9.17, 15) is 22.8 Å². The molecule has 0 aliphatic carbocycles. The molecule has 0 bridgehead atoms. The number of aliphatic carboxylic acids is 2. The van der Waals surface area contributed by atoms with E-state index in [1.165, 1.54) is 0 Å². The number of halogens is 3. The molecule has 10 heteroatoms. The third-order valence-electron chi connectivity index (χ3n) is 1.87. The van der Waals surface area contributed by atoms with Gasteiger partial charge < -0.3 is 15.1 Å². The van der Waals surface area contributed by atoms with Crippen LogP contribution in [-0.4, -0.2) is 45.2 Å². The van der Waals surface area contributed by atoms with E-state index in [0.717, 1.165) is 6.20 Å². The lowest BCUT2D eigenvalue weighted by atomic mass is 10.4. The maximum Gasteiger partial charge on any atom is 0.433 e. The third-order valence-corrected chi connectivity index (χ3v) is 1.87. The Morgan fingerprint density at radius 2 is 1.74 bits per heavy atom. The van der Waals surface area contributed by atoms with Gasteiger partial charge in [0.15, 0.2) is 0 Å². The van der Waals surface area contributed by atoms with E-state index in [4.69, 9.17) is 10.2 Å². The Balaban J connectivity index is 3.08. The average molecular weight is 279 g/mol. The highest BCUT2D eigenvalue weighted by atomic mass is 19.4. The summed E-state index contributed by atoms with van der Waals surface area (Å²) in [6.45, 7) is -1.65. The van der Waals surface area contributed by atoms with Crippen LogP contribution in [0.2, 0.25) is 0 Å². The first-order valence-electron chi connectivity index (χ1n) is 4.79. The number of alkyl halides is 3. The van der Waals surface area contributed by atoms with E-state index in [1.54, 1.807) is 0 Å². The summed E-state index contributed by atoms with van der Waals surface area (Å²) in [6, 6.07) is 0.600. The van der Waals surface area contributed by atoms with Crippen molar-refractivity contribution in [1.82, 2.24) is 9.97 Å². The zero-order chi connectivity index (χ0) is 14.6. The second kappa shape index (κ2) is 5.50. The van der Waals surface area contributed by atoms with Crippen LogP contribution in [0.25, 0.3) is 0 Å². The molecule has 0 radical (unpaired) electrons. The van der Waals surface area contributed by atoms with Gasteiger partial charge in [-0.25, -0.2) is 9.97 Å². The molecule has 0 saturated heterocycles. The molecule has 0 atom stereocenters. The number of nitrogens with zero attached hydrogens (tertiary/aromatic N) is 3. The minimum atomic E-state index is -4.73. The van der Waals surface area contributed by atoms with Crippen LogP contribution in [0.3, 0.4) is 0 Å². The van der Waals surface area contributed by atoms with Crippen molar-refractivity contribution in [2.45, 2.75) is 6.18 Å². The van der Waals surface area contributed by atoms with Crippen LogP contribution in [0.1, 0.15) is 5.69 Å². The first-order chi connectivity index (χ1) is 8.70. The van der Waals surface area contributed by atoms with Crippen LogP contribution in [0, 0.1) is 0 Å². The first-order valence-corrected chi connectivity index (χ1v) is 4.79. The van der Waals surface area contributed by atoms with Gasteiger partial charge in [0.1, 0.15) is 18.8 Å². The largest absolute Gasteiger partial charge is 0.480 e. The molecule has 0 spiro atoms. The molecule has 1 heterocycles. The smallest absolute Gasteiger partial charge is 0.433 e. The van der Waals surface area contributed by atoms with Gasteiger partial charge in [-0.15, -0.1) is 0 Å². The highest BCUT2D eigenvalue weighted by Gasteiger charge is 2.33. The number of carbonyl (C=O) groups is 2. The van der Waals surface area contributed by atoms with Crippen LogP contribution >= 0.6 is 0 Å². The van der Waals surface area contributed by atoms with Crippen molar-refractivity contribution in [2.24, 2.45) is 0 Å². The van der Waals surface area contributed by atoms with Gasteiger partial charge in [-0.05, 0) is 6.07 Å². The van der Waals surface area contributed by atoms with Gasteiger partial charge in [0.05, 0.1) is 0 Å². The van der Waals surface area contributed by atoms with E-state index < -0.39 is 42.8 Å². The van der Waals surface area contributed by atoms with Gasteiger partial charge in [0.2, 0.25) is 5.95 Å². The summed E-state index contributed by atoms with van der Waals surface area (Å²) in [5, 5.41) is 17.1. The van der Waals surface area contributed by atoms with Crippen molar-refractivity contribution >= 4 is 17.9 Å². The van der Waals surface area contributed by atoms with Gasteiger partial charge in [-0.1, -0.05) is 0 Å². The van der Waals surface area contributed by atoms with Crippen LogP contribution in [0.5, 0.6) is 0 Å². The summed E-state index contributed by atoms with van der Waals surface area (Å²) in [7, 11) is 0. The molecule has 0 aliphatic heterocycles. The fourth-order valence-electron chi connectivity index (χ4n) is 1.18. The quantitative estimate of drug-likeness (QED) is 0.807. The molecule has 7 nitrogen and oxygen atoms in total. The molecule has 0 unspecified atom stereocenters. The number of anilines is 1. The highest BCUT2D eigenvalue weighted by Crippen LogP contribution is 2.28. The van der Waals surface area contributed by atoms with Gasteiger partial charge in [-0.2, -0.15) is 13.2 Å².